The average molecular weight is 418 g/mol. The zero-order valence-electron chi connectivity index (χ0n) is 15.2. The Morgan fingerprint density at radius 3 is 2.21 bits per heavy atom. The van der Waals surface area contributed by atoms with Crippen LogP contribution in [0.3, 0.4) is 0 Å². The molecule has 0 fully saturated rings. The number of halogens is 2. The third-order valence-corrected chi connectivity index (χ3v) is 5.47. The third kappa shape index (κ3) is 4.37. The lowest BCUT2D eigenvalue weighted by Gasteiger charge is -2.11. The molecule has 0 radical (unpaired) electrons. The van der Waals surface area contributed by atoms with Gasteiger partial charge in [-0.1, -0.05) is 19.1 Å². The fraction of sp³-hybridized carbons (Fsp3) is 0.105. The van der Waals surface area contributed by atoms with E-state index >= 15 is 0 Å². The fourth-order valence-corrected chi connectivity index (χ4v) is 3.59. The Bertz CT molecular complexity index is 1170. The number of nitrogens with zero attached hydrogens (tertiary/aromatic N) is 2. The van der Waals surface area contributed by atoms with Gasteiger partial charge in [0.1, 0.15) is 17.5 Å². The van der Waals surface area contributed by atoms with Gasteiger partial charge in [0, 0.05) is 30.4 Å². The van der Waals surface area contributed by atoms with Crippen molar-refractivity contribution in [2.24, 2.45) is 5.73 Å². The number of nitrogens with one attached hydrogen (secondary N) is 1. The van der Waals surface area contributed by atoms with Gasteiger partial charge in [-0.05, 0) is 23.8 Å². The van der Waals surface area contributed by atoms with Crippen LogP contribution in [0, 0.1) is 11.6 Å². The number of primary amides is 1. The maximum atomic E-state index is 14.1. The number of hydrogen-bond donors (Lipinski definition) is 2. The largest absolute Gasteiger partial charge is 0.366 e. The highest BCUT2D eigenvalue weighted by molar-refractivity contribution is 7.92. The van der Waals surface area contributed by atoms with Crippen LogP contribution in [-0.2, 0) is 16.4 Å². The number of rotatable bonds is 6. The van der Waals surface area contributed by atoms with Gasteiger partial charge in [-0.15, -0.1) is 0 Å². The summed E-state index contributed by atoms with van der Waals surface area (Å²) >= 11 is 0. The minimum atomic E-state index is -4.20. The molecule has 1 aromatic heterocycles. The molecule has 1 heterocycles. The lowest BCUT2D eigenvalue weighted by molar-refractivity contribution is 0.0996. The molecule has 3 aromatic rings. The van der Waals surface area contributed by atoms with E-state index in [0.717, 1.165) is 0 Å². The zero-order valence-corrected chi connectivity index (χ0v) is 16.0. The number of carbonyl (C=O) groups is 1. The van der Waals surface area contributed by atoms with Crippen molar-refractivity contribution in [1.29, 1.82) is 0 Å². The lowest BCUT2D eigenvalue weighted by atomic mass is 10.1. The molecule has 0 saturated carbocycles. The summed E-state index contributed by atoms with van der Waals surface area (Å²) in [5.74, 6) is -2.74. The van der Waals surface area contributed by atoms with E-state index in [9.17, 15) is 22.0 Å². The van der Waals surface area contributed by atoms with Crippen molar-refractivity contribution in [3.05, 3.63) is 71.8 Å². The smallest absolute Gasteiger partial charge is 0.261 e. The Hall–Kier alpha value is -3.40. The van der Waals surface area contributed by atoms with Gasteiger partial charge in [0.2, 0.25) is 0 Å². The molecule has 29 heavy (non-hydrogen) atoms. The maximum absolute atomic E-state index is 14.1. The van der Waals surface area contributed by atoms with Gasteiger partial charge in [0.15, 0.2) is 0 Å². The van der Waals surface area contributed by atoms with Crippen molar-refractivity contribution in [3.63, 3.8) is 0 Å². The minimum absolute atomic E-state index is 0.161. The number of sulfonamides is 1. The number of hydrogen-bond acceptors (Lipinski definition) is 5. The molecule has 3 rings (SSSR count). The summed E-state index contributed by atoms with van der Waals surface area (Å²) in [7, 11) is -4.20. The van der Waals surface area contributed by atoms with Crippen LogP contribution in [-0.4, -0.2) is 24.3 Å². The highest BCUT2D eigenvalue weighted by Gasteiger charge is 2.20. The average Bonchev–Trinajstić information content (AvgIpc) is 2.70. The number of carbonyl (C=O) groups excluding carboxylic acids is 1. The van der Waals surface area contributed by atoms with Crippen molar-refractivity contribution in [2.45, 2.75) is 18.2 Å². The Kier molecular flexibility index (Phi) is 5.55. The summed E-state index contributed by atoms with van der Waals surface area (Å²) in [4.78, 5) is 19.3. The molecule has 0 aliphatic carbocycles. The minimum Gasteiger partial charge on any atom is -0.366 e. The summed E-state index contributed by atoms with van der Waals surface area (Å²) in [5.41, 5.74) is 5.02. The van der Waals surface area contributed by atoms with Crippen molar-refractivity contribution >= 4 is 21.6 Å². The molecular weight excluding hydrogens is 402 g/mol. The Balaban J connectivity index is 1.86. The first-order valence-electron chi connectivity index (χ1n) is 8.44. The van der Waals surface area contributed by atoms with Gasteiger partial charge in [-0.25, -0.2) is 27.2 Å². The monoisotopic (exact) mass is 418 g/mol. The van der Waals surface area contributed by atoms with Crippen LogP contribution in [0.15, 0.2) is 53.7 Å². The van der Waals surface area contributed by atoms with Gasteiger partial charge in [0.05, 0.1) is 16.1 Å². The van der Waals surface area contributed by atoms with E-state index in [1.807, 2.05) is 11.6 Å². The predicted octanol–water partition coefficient (Wildman–Crippen LogP) is 2.88. The summed E-state index contributed by atoms with van der Waals surface area (Å²) in [5, 5.41) is 0. The van der Waals surface area contributed by atoms with E-state index in [-0.39, 0.29) is 4.90 Å². The third-order valence-electron chi connectivity index (χ3n) is 4.09. The zero-order chi connectivity index (χ0) is 21.2. The van der Waals surface area contributed by atoms with E-state index in [0.29, 0.717) is 35.5 Å². The number of benzene rings is 2. The molecule has 3 N–H and O–H groups in total. The molecule has 0 unspecified atom stereocenters. The SMILES string of the molecule is CCc1ncc(-c2ccc(S(=O)(=O)Nc3cc(F)c(C(N)=O)cc3F)cc2)cn1. The summed E-state index contributed by atoms with van der Waals surface area (Å²) in [6.07, 6.45) is 3.96. The van der Waals surface area contributed by atoms with Gasteiger partial charge >= 0.3 is 0 Å². The standard InChI is InChI=1S/C19H16F2N4O3S/c1-2-18-23-9-12(10-24-18)11-3-5-13(6-4-11)29(27,28)25-17-8-15(20)14(19(22)26)7-16(17)21/h3-10,25H,2H2,1H3,(H2,22,26). The lowest BCUT2D eigenvalue weighted by Crippen LogP contribution is -2.17. The summed E-state index contributed by atoms with van der Waals surface area (Å²) in [6, 6.07) is 6.83. The first-order valence-corrected chi connectivity index (χ1v) is 9.92. The van der Waals surface area contributed by atoms with Crippen LogP contribution in [0.1, 0.15) is 23.1 Å². The Morgan fingerprint density at radius 2 is 1.66 bits per heavy atom. The Labute approximate surface area is 165 Å². The van der Waals surface area contributed by atoms with Crippen molar-refractivity contribution in [1.82, 2.24) is 9.97 Å². The summed E-state index contributed by atoms with van der Waals surface area (Å²) < 4.78 is 54.9. The second-order valence-corrected chi connectivity index (χ2v) is 7.73. The van der Waals surface area contributed by atoms with Crippen LogP contribution >= 0.6 is 0 Å². The van der Waals surface area contributed by atoms with Crippen LogP contribution < -0.4 is 10.5 Å². The van der Waals surface area contributed by atoms with E-state index in [2.05, 4.69) is 9.97 Å². The molecule has 10 heteroatoms. The molecule has 7 nitrogen and oxygen atoms in total. The van der Waals surface area contributed by atoms with Gasteiger partial charge in [-0.2, -0.15) is 0 Å². The molecule has 0 atom stereocenters. The molecule has 1 amide bonds. The van der Waals surface area contributed by atoms with Gasteiger partial charge < -0.3 is 5.73 Å². The van der Waals surface area contributed by atoms with E-state index in [1.54, 1.807) is 24.5 Å². The number of anilines is 1. The van der Waals surface area contributed by atoms with E-state index < -0.39 is 38.8 Å². The topological polar surface area (TPSA) is 115 Å². The number of aryl methyl sites for hydroxylation is 1. The number of aromatic nitrogens is 2. The molecule has 0 aliphatic rings. The van der Waals surface area contributed by atoms with Crippen molar-refractivity contribution in [3.8, 4) is 11.1 Å². The number of nitrogens with two attached hydrogens (primary N) is 1. The molecule has 0 aliphatic heterocycles. The van der Waals surface area contributed by atoms with Crippen LogP contribution in [0.5, 0.6) is 0 Å². The predicted molar refractivity (Wildman–Crippen MR) is 103 cm³/mol. The number of amides is 1. The molecule has 0 spiro atoms. The van der Waals surface area contributed by atoms with Crippen LogP contribution in [0.25, 0.3) is 11.1 Å². The second-order valence-electron chi connectivity index (χ2n) is 6.05. The van der Waals surface area contributed by atoms with E-state index in [4.69, 9.17) is 5.73 Å². The van der Waals surface area contributed by atoms with Crippen molar-refractivity contribution < 1.29 is 22.0 Å². The van der Waals surface area contributed by atoms with Crippen molar-refractivity contribution in [2.75, 3.05) is 4.72 Å². The van der Waals surface area contributed by atoms with Crippen LogP contribution in [0.4, 0.5) is 14.5 Å². The Morgan fingerprint density at radius 1 is 1.03 bits per heavy atom. The molecule has 0 saturated heterocycles. The first-order chi connectivity index (χ1) is 13.7. The quantitative estimate of drug-likeness (QED) is 0.639. The first kappa shape index (κ1) is 20.3. The molecule has 0 bridgehead atoms. The highest BCUT2D eigenvalue weighted by atomic mass is 32.2. The molecule has 2 aromatic carbocycles. The maximum Gasteiger partial charge on any atom is 0.261 e. The fourth-order valence-electron chi connectivity index (χ4n) is 2.53. The molecule has 150 valence electrons. The summed E-state index contributed by atoms with van der Waals surface area (Å²) in [6.45, 7) is 1.93. The van der Waals surface area contributed by atoms with Crippen LogP contribution in [0.2, 0.25) is 0 Å². The molecular formula is C19H16F2N4O3S. The second kappa shape index (κ2) is 7.92. The van der Waals surface area contributed by atoms with E-state index in [1.165, 1.54) is 12.1 Å². The van der Waals surface area contributed by atoms with Gasteiger partial charge in [0.25, 0.3) is 15.9 Å². The van der Waals surface area contributed by atoms with Gasteiger partial charge in [-0.3, -0.25) is 9.52 Å². The highest BCUT2D eigenvalue weighted by Crippen LogP contribution is 2.24. The normalized spacial score (nSPS) is 11.3.